The number of rotatable bonds is 6. The lowest BCUT2D eigenvalue weighted by Crippen LogP contribution is -2.42. The number of halogens is 3. The van der Waals surface area contributed by atoms with Crippen LogP contribution < -0.4 is 15.4 Å². The summed E-state index contributed by atoms with van der Waals surface area (Å²) >= 11 is 0. The Labute approximate surface area is 139 Å². The summed E-state index contributed by atoms with van der Waals surface area (Å²) in [4.78, 5) is 4.49. The predicted molar refractivity (Wildman–Crippen MR) is 88.1 cm³/mol. The van der Waals surface area contributed by atoms with Gasteiger partial charge in [-0.05, 0) is 37.5 Å². The minimum Gasteiger partial charge on any atom is -0.484 e. The molecular weight excluding hydrogens is 319 g/mol. The summed E-state index contributed by atoms with van der Waals surface area (Å²) in [6.45, 7) is 1.79. The topological polar surface area (TPSA) is 45.7 Å². The highest BCUT2D eigenvalue weighted by molar-refractivity contribution is 5.80. The first-order valence-electron chi connectivity index (χ1n) is 7.94. The van der Waals surface area contributed by atoms with Crippen LogP contribution in [-0.2, 0) is 6.54 Å². The van der Waals surface area contributed by atoms with E-state index < -0.39 is 12.8 Å². The van der Waals surface area contributed by atoms with Crippen LogP contribution >= 0.6 is 0 Å². The van der Waals surface area contributed by atoms with Crippen molar-refractivity contribution in [2.75, 3.05) is 13.2 Å². The van der Waals surface area contributed by atoms with E-state index in [9.17, 15) is 13.2 Å². The second kappa shape index (κ2) is 8.61. The van der Waals surface area contributed by atoms with Crippen molar-refractivity contribution in [2.45, 2.75) is 38.5 Å². The molecule has 2 N–H and O–H groups in total. The maximum atomic E-state index is 12.2. The molecule has 2 rings (SSSR count). The Morgan fingerprint density at radius 1 is 1.29 bits per heavy atom. The van der Waals surface area contributed by atoms with Crippen LogP contribution in [0.25, 0.3) is 0 Å². The second-order valence-corrected chi connectivity index (χ2v) is 5.53. The molecule has 1 aliphatic rings. The Balaban J connectivity index is 1.94. The number of ether oxygens (including phenoxy) is 1. The highest BCUT2D eigenvalue weighted by Crippen LogP contribution is 2.19. The summed E-state index contributed by atoms with van der Waals surface area (Å²) in [6, 6.07) is 6.90. The first-order valence-corrected chi connectivity index (χ1v) is 7.94. The molecule has 0 radical (unpaired) electrons. The van der Waals surface area contributed by atoms with Crippen molar-refractivity contribution in [1.82, 2.24) is 10.6 Å². The van der Waals surface area contributed by atoms with Crippen LogP contribution in [-0.4, -0.2) is 31.3 Å². The molecule has 1 aromatic rings. The van der Waals surface area contributed by atoms with Crippen molar-refractivity contribution in [3.63, 3.8) is 0 Å². The number of hydrogen-bond acceptors (Lipinski definition) is 2. The molecule has 0 saturated heterocycles. The maximum Gasteiger partial charge on any atom is 0.422 e. The number of hydrogen-bond donors (Lipinski definition) is 2. The average Bonchev–Trinajstić information content (AvgIpc) is 3.04. The Morgan fingerprint density at radius 3 is 2.71 bits per heavy atom. The number of alkyl halides is 3. The van der Waals surface area contributed by atoms with Crippen LogP contribution in [0.3, 0.4) is 0 Å². The number of nitrogens with zero attached hydrogens (tertiary/aromatic N) is 1. The van der Waals surface area contributed by atoms with Gasteiger partial charge in [-0.2, -0.15) is 13.2 Å². The van der Waals surface area contributed by atoms with Gasteiger partial charge in [0, 0.05) is 12.6 Å². The van der Waals surface area contributed by atoms with Gasteiger partial charge in [-0.15, -0.1) is 0 Å². The van der Waals surface area contributed by atoms with Gasteiger partial charge in [-0.1, -0.05) is 24.3 Å². The molecule has 0 saturated carbocycles. The molecule has 7 heteroatoms. The molecule has 1 aliphatic carbocycles. The Bertz CT molecular complexity index is 577. The van der Waals surface area contributed by atoms with Crippen LogP contribution in [0.4, 0.5) is 13.2 Å². The summed E-state index contributed by atoms with van der Waals surface area (Å²) < 4.78 is 41.4. The molecule has 0 unspecified atom stereocenters. The Kier molecular flexibility index (Phi) is 6.52. The maximum absolute atomic E-state index is 12.2. The van der Waals surface area contributed by atoms with Gasteiger partial charge in [0.05, 0.1) is 6.54 Å². The van der Waals surface area contributed by atoms with Crippen LogP contribution in [0.15, 0.2) is 41.4 Å². The average molecular weight is 341 g/mol. The van der Waals surface area contributed by atoms with E-state index in [1.165, 1.54) is 6.07 Å². The van der Waals surface area contributed by atoms with Gasteiger partial charge in [-0.3, -0.25) is 0 Å². The van der Waals surface area contributed by atoms with Gasteiger partial charge in [0.15, 0.2) is 12.6 Å². The number of benzene rings is 1. The molecule has 0 bridgehead atoms. The molecule has 0 atom stereocenters. The fourth-order valence-corrected chi connectivity index (χ4v) is 2.32. The molecule has 4 nitrogen and oxygen atoms in total. The summed E-state index contributed by atoms with van der Waals surface area (Å²) in [5, 5.41) is 6.51. The van der Waals surface area contributed by atoms with E-state index in [-0.39, 0.29) is 5.75 Å². The third-order valence-electron chi connectivity index (χ3n) is 3.41. The first-order chi connectivity index (χ1) is 11.5. The van der Waals surface area contributed by atoms with Gasteiger partial charge in [0.25, 0.3) is 0 Å². The van der Waals surface area contributed by atoms with Crippen molar-refractivity contribution < 1.29 is 17.9 Å². The summed E-state index contributed by atoms with van der Waals surface area (Å²) in [6.07, 6.45) is 1.84. The van der Waals surface area contributed by atoms with E-state index in [1.54, 1.807) is 12.1 Å². The monoisotopic (exact) mass is 341 g/mol. The standard InChI is InChI=1S/C17H22F3N3O/c1-2-21-16(23-14-7-3-4-8-14)22-11-13-6-5-9-15(10-13)24-12-17(18,19)20/h3-6,9-10,14H,2,7-8,11-12H2,1H3,(H2,21,22,23). The number of aliphatic imine (C=N–C) groups is 1. The molecule has 24 heavy (non-hydrogen) atoms. The lowest BCUT2D eigenvalue weighted by atomic mass is 10.2. The van der Waals surface area contributed by atoms with E-state index in [0.717, 1.165) is 24.9 Å². The van der Waals surface area contributed by atoms with Gasteiger partial charge < -0.3 is 15.4 Å². The van der Waals surface area contributed by atoms with Crippen molar-refractivity contribution >= 4 is 5.96 Å². The highest BCUT2D eigenvalue weighted by Gasteiger charge is 2.28. The quantitative estimate of drug-likeness (QED) is 0.474. The van der Waals surface area contributed by atoms with E-state index >= 15 is 0 Å². The first kappa shape index (κ1) is 18.2. The van der Waals surface area contributed by atoms with Crippen molar-refractivity contribution in [3.8, 4) is 5.75 Å². The third-order valence-corrected chi connectivity index (χ3v) is 3.41. The molecule has 1 aromatic carbocycles. The minimum absolute atomic E-state index is 0.193. The molecule has 0 aliphatic heterocycles. The summed E-state index contributed by atoms with van der Waals surface area (Å²) in [5.74, 6) is 0.894. The second-order valence-electron chi connectivity index (χ2n) is 5.53. The van der Waals surface area contributed by atoms with Crippen molar-refractivity contribution in [2.24, 2.45) is 4.99 Å². The Morgan fingerprint density at radius 2 is 2.04 bits per heavy atom. The van der Waals surface area contributed by atoms with Crippen LogP contribution in [0.5, 0.6) is 5.75 Å². The van der Waals surface area contributed by atoms with Crippen LogP contribution in [0, 0.1) is 0 Å². The van der Waals surface area contributed by atoms with Crippen molar-refractivity contribution in [3.05, 3.63) is 42.0 Å². The van der Waals surface area contributed by atoms with Gasteiger partial charge in [-0.25, -0.2) is 4.99 Å². The number of guanidine groups is 1. The van der Waals surface area contributed by atoms with Crippen molar-refractivity contribution in [1.29, 1.82) is 0 Å². The normalized spacial score (nSPS) is 15.6. The van der Waals surface area contributed by atoms with Crippen LogP contribution in [0.2, 0.25) is 0 Å². The molecule has 0 aromatic heterocycles. The SMILES string of the molecule is CCNC(=NCc1cccc(OCC(F)(F)F)c1)NC1CC=CC1. The molecule has 0 fully saturated rings. The van der Waals surface area contributed by atoms with Crippen LogP contribution in [0.1, 0.15) is 25.3 Å². The zero-order valence-electron chi connectivity index (χ0n) is 13.6. The van der Waals surface area contributed by atoms with Gasteiger partial charge in [0.2, 0.25) is 0 Å². The summed E-state index contributed by atoms with van der Waals surface area (Å²) in [7, 11) is 0. The molecule has 132 valence electrons. The van der Waals surface area contributed by atoms with E-state index in [1.807, 2.05) is 13.0 Å². The lowest BCUT2D eigenvalue weighted by molar-refractivity contribution is -0.153. The zero-order valence-corrected chi connectivity index (χ0v) is 13.6. The molecule has 0 amide bonds. The largest absolute Gasteiger partial charge is 0.484 e. The molecular formula is C17H22F3N3O. The minimum atomic E-state index is -4.34. The van der Waals surface area contributed by atoms with E-state index in [0.29, 0.717) is 18.5 Å². The predicted octanol–water partition coefficient (Wildman–Crippen LogP) is 3.40. The lowest BCUT2D eigenvalue weighted by Gasteiger charge is -2.16. The van der Waals surface area contributed by atoms with E-state index in [2.05, 4.69) is 27.8 Å². The highest BCUT2D eigenvalue weighted by atomic mass is 19.4. The molecule has 0 heterocycles. The zero-order chi connectivity index (χ0) is 17.4. The fourth-order valence-electron chi connectivity index (χ4n) is 2.32. The fraction of sp³-hybridized carbons (Fsp3) is 0.471. The third kappa shape index (κ3) is 6.52. The smallest absolute Gasteiger partial charge is 0.422 e. The van der Waals surface area contributed by atoms with E-state index in [4.69, 9.17) is 4.74 Å². The van der Waals surface area contributed by atoms with Gasteiger partial charge in [0.1, 0.15) is 5.75 Å². The molecule has 0 spiro atoms. The summed E-state index contributed by atoms with van der Waals surface area (Å²) in [5.41, 5.74) is 0.788. The number of nitrogens with one attached hydrogen (secondary N) is 2. The Hall–Kier alpha value is -2.18. The van der Waals surface area contributed by atoms with Gasteiger partial charge >= 0.3 is 6.18 Å².